The smallest absolute Gasteiger partial charge is 0.167 e. The molecule has 54 heavy (non-hydrogen) atoms. The fraction of sp³-hybridized carbons (Fsp3) is 0. The monoisotopic (exact) mass is 690 g/mol. The molecule has 0 bridgehead atoms. The summed E-state index contributed by atoms with van der Waals surface area (Å²) in [6.45, 7) is 0. The molecule has 0 spiro atoms. The summed E-state index contributed by atoms with van der Waals surface area (Å²) in [5.74, 6) is 1.75. The largest absolute Gasteiger partial charge is 0.455 e. The average molecular weight is 691 g/mol. The van der Waals surface area contributed by atoms with Gasteiger partial charge < -0.3 is 8.98 Å². The van der Waals surface area contributed by atoms with E-state index in [1.165, 1.54) is 21.5 Å². The Labute approximate surface area is 310 Å². The number of hydrogen-bond donors (Lipinski definition) is 0. The zero-order valence-electron chi connectivity index (χ0n) is 29.0. The summed E-state index contributed by atoms with van der Waals surface area (Å²) < 4.78 is 9.21. The summed E-state index contributed by atoms with van der Waals surface area (Å²) in [7, 11) is 0. The number of nitrogens with zero attached hydrogens (tertiary/aromatic N) is 4. The molecule has 0 aliphatic heterocycles. The zero-order chi connectivity index (χ0) is 35.6. The summed E-state index contributed by atoms with van der Waals surface area (Å²) in [6, 6.07) is 63.3. The first-order chi connectivity index (χ1) is 26.8. The third-order valence-electron chi connectivity index (χ3n) is 10.4. The van der Waals surface area contributed by atoms with Crippen molar-refractivity contribution in [3.05, 3.63) is 182 Å². The van der Waals surface area contributed by atoms with Gasteiger partial charge in [-0.15, -0.1) is 0 Å². The van der Waals surface area contributed by atoms with Crippen LogP contribution >= 0.6 is 0 Å². The molecule has 0 saturated carbocycles. The van der Waals surface area contributed by atoms with Crippen LogP contribution in [0.2, 0.25) is 0 Å². The normalized spacial score (nSPS) is 11.7. The van der Waals surface area contributed by atoms with E-state index in [0.717, 1.165) is 66.5 Å². The predicted octanol–water partition coefficient (Wildman–Crippen LogP) is 12.7. The summed E-state index contributed by atoms with van der Waals surface area (Å²) in [6.07, 6.45) is 0. The molecule has 8 aromatic carbocycles. The quantitative estimate of drug-likeness (QED) is 0.180. The maximum atomic E-state index is 6.83. The molecule has 0 atom stereocenters. The number of rotatable bonds is 5. The Bertz CT molecular complexity index is 3220. The van der Waals surface area contributed by atoms with Gasteiger partial charge in [-0.05, 0) is 64.4 Å². The fourth-order valence-electron chi connectivity index (χ4n) is 7.90. The first-order valence-corrected chi connectivity index (χ1v) is 18.1. The molecule has 5 nitrogen and oxygen atoms in total. The third kappa shape index (κ3) is 4.83. The molecule has 0 amide bonds. The molecular formula is C49H30N4O. The number of hydrogen-bond acceptors (Lipinski definition) is 4. The SMILES string of the molecule is c1ccc(-c2cccc(-c3nc(-c4ccccc4)nc(-c4ccc(-n5c6ccccc6c6cc7ccccc7cc65)c5c4oc4ccccc45)n3)c2)cc1. The fourth-order valence-corrected chi connectivity index (χ4v) is 7.90. The molecule has 3 heterocycles. The highest BCUT2D eigenvalue weighted by Gasteiger charge is 2.23. The second-order valence-corrected chi connectivity index (χ2v) is 13.6. The summed E-state index contributed by atoms with van der Waals surface area (Å²) in [4.78, 5) is 15.4. The van der Waals surface area contributed by atoms with Crippen LogP contribution in [0.5, 0.6) is 0 Å². The van der Waals surface area contributed by atoms with Gasteiger partial charge in [0.05, 0.1) is 27.7 Å². The van der Waals surface area contributed by atoms with E-state index in [1.807, 2.05) is 48.5 Å². The van der Waals surface area contributed by atoms with Gasteiger partial charge in [0.15, 0.2) is 17.5 Å². The van der Waals surface area contributed by atoms with E-state index >= 15 is 0 Å². The molecule has 0 radical (unpaired) electrons. The molecule has 3 aromatic heterocycles. The lowest BCUT2D eigenvalue weighted by Gasteiger charge is -2.13. The van der Waals surface area contributed by atoms with E-state index in [1.54, 1.807) is 0 Å². The molecule has 11 aromatic rings. The van der Waals surface area contributed by atoms with Crippen LogP contribution in [-0.2, 0) is 0 Å². The topological polar surface area (TPSA) is 56.7 Å². The first kappa shape index (κ1) is 30.3. The van der Waals surface area contributed by atoms with Crippen molar-refractivity contribution < 1.29 is 4.42 Å². The Kier molecular flexibility index (Phi) is 6.79. The maximum absolute atomic E-state index is 6.83. The van der Waals surface area contributed by atoms with Crippen LogP contribution in [0, 0.1) is 0 Å². The first-order valence-electron chi connectivity index (χ1n) is 18.1. The lowest BCUT2D eigenvalue weighted by atomic mass is 10.0. The number of para-hydroxylation sites is 2. The van der Waals surface area contributed by atoms with Crippen molar-refractivity contribution >= 4 is 54.5 Å². The van der Waals surface area contributed by atoms with Gasteiger partial charge in [-0.2, -0.15) is 0 Å². The van der Waals surface area contributed by atoms with E-state index in [-0.39, 0.29) is 0 Å². The highest BCUT2D eigenvalue weighted by atomic mass is 16.3. The minimum absolute atomic E-state index is 0.549. The number of fused-ring (bicyclic) bond motifs is 7. The molecule has 0 aliphatic carbocycles. The van der Waals surface area contributed by atoms with Crippen molar-refractivity contribution in [3.63, 3.8) is 0 Å². The predicted molar refractivity (Wildman–Crippen MR) is 221 cm³/mol. The van der Waals surface area contributed by atoms with Crippen molar-refractivity contribution in [2.45, 2.75) is 0 Å². The summed E-state index contributed by atoms with van der Waals surface area (Å²) in [5, 5.41) is 6.87. The molecule has 0 aliphatic rings. The van der Waals surface area contributed by atoms with Crippen molar-refractivity contribution in [2.75, 3.05) is 0 Å². The number of aromatic nitrogens is 4. The van der Waals surface area contributed by atoms with Crippen LogP contribution in [-0.4, -0.2) is 19.5 Å². The zero-order valence-corrected chi connectivity index (χ0v) is 29.0. The Morgan fingerprint density at radius 1 is 0.389 bits per heavy atom. The van der Waals surface area contributed by atoms with Gasteiger partial charge in [0.2, 0.25) is 0 Å². The minimum atomic E-state index is 0.549. The van der Waals surface area contributed by atoms with Crippen LogP contribution in [0.15, 0.2) is 186 Å². The van der Waals surface area contributed by atoms with Gasteiger partial charge >= 0.3 is 0 Å². The highest BCUT2D eigenvalue weighted by molar-refractivity contribution is 6.18. The van der Waals surface area contributed by atoms with Crippen molar-refractivity contribution in [1.29, 1.82) is 0 Å². The van der Waals surface area contributed by atoms with E-state index in [2.05, 4.69) is 138 Å². The number of benzene rings is 8. The van der Waals surface area contributed by atoms with Crippen LogP contribution in [0.25, 0.3) is 105 Å². The highest BCUT2D eigenvalue weighted by Crippen LogP contribution is 2.43. The number of furan rings is 1. The summed E-state index contributed by atoms with van der Waals surface area (Å²) >= 11 is 0. The maximum Gasteiger partial charge on any atom is 0.167 e. The Balaban J connectivity index is 1.19. The second-order valence-electron chi connectivity index (χ2n) is 13.6. The lowest BCUT2D eigenvalue weighted by Crippen LogP contribution is -2.01. The van der Waals surface area contributed by atoms with Gasteiger partial charge in [0.1, 0.15) is 11.2 Å². The molecule has 11 rings (SSSR count). The van der Waals surface area contributed by atoms with E-state index in [0.29, 0.717) is 17.5 Å². The molecule has 0 N–H and O–H groups in total. The van der Waals surface area contributed by atoms with E-state index in [4.69, 9.17) is 19.4 Å². The van der Waals surface area contributed by atoms with Crippen LogP contribution in [0.4, 0.5) is 0 Å². The van der Waals surface area contributed by atoms with Gasteiger partial charge in [0.25, 0.3) is 0 Å². The van der Waals surface area contributed by atoms with Gasteiger partial charge in [-0.3, -0.25) is 0 Å². The van der Waals surface area contributed by atoms with Crippen molar-refractivity contribution in [2.24, 2.45) is 0 Å². The average Bonchev–Trinajstić information content (AvgIpc) is 3.79. The molecule has 5 heteroatoms. The van der Waals surface area contributed by atoms with Gasteiger partial charge in [-0.1, -0.05) is 140 Å². The second kappa shape index (κ2) is 12.1. The molecule has 0 unspecified atom stereocenters. The Morgan fingerprint density at radius 2 is 1.00 bits per heavy atom. The van der Waals surface area contributed by atoms with Gasteiger partial charge in [-0.25, -0.2) is 15.0 Å². The van der Waals surface area contributed by atoms with Crippen molar-refractivity contribution in [3.8, 4) is 51.0 Å². The third-order valence-corrected chi connectivity index (χ3v) is 10.4. The molecule has 252 valence electrons. The molecule has 0 saturated heterocycles. The van der Waals surface area contributed by atoms with Crippen LogP contribution in [0.1, 0.15) is 0 Å². The van der Waals surface area contributed by atoms with Crippen LogP contribution in [0.3, 0.4) is 0 Å². The van der Waals surface area contributed by atoms with E-state index < -0.39 is 0 Å². The van der Waals surface area contributed by atoms with Crippen molar-refractivity contribution in [1.82, 2.24) is 19.5 Å². The molecule has 0 fully saturated rings. The van der Waals surface area contributed by atoms with E-state index in [9.17, 15) is 0 Å². The summed E-state index contributed by atoms with van der Waals surface area (Å²) in [5.41, 5.74) is 9.70. The Morgan fingerprint density at radius 3 is 1.81 bits per heavy atom. The lowest BCUT2D eigenvalue weighted by molar-refractivity contribution is 0.669. The minimum Gasteiger partial charge on any atom is -0.455 e. The Hall–Kier alpha value is -7.37. The van der Waals surface area contributed by atoms with Crippen LogP contribution < -0.4 is 0 Å². The van der Waals surface area contributed by atoms with Gasteiger partial charge in [0, 0.05) is 27.3 Å². The molecular weight excluding hydrogens is 661 g/mol. The standard InChI is InChI=1S/C49H30N4O/c1-3-14-31(15-4-1)33-20-13-21-36(28-33)48-50-47(32-16-5-2-6-17-32)51-49(52-48)39-26-27-42(45-38-23-10-12-25-44(38)54-46(39)45)53-41-24-11-9-22-37(41)40-29-34-18-7-8-19-35(34)30-43(40)53/h1-30H.